The molecule has 0 saturated heterocycles. The molecule has 2 atom stereocenters. The van der Waals surface area contributed by atoms with Crippen LogP contribution in [0.15, 0.2) is 54.6 Å². The van der Waals surface area contributed by atoms with Gasteiger partial charge in [0.1, 0.15) is 0 Å². The normalized spacial score (nSPS) is 14.2. The summed E-state index contributed by atoms with van der Waals surface area (Å²) >= 11 is 0. The fraction of sp³-hybridized carbons (Fsp3) is 0.548. The summed E-state index contributed by atoms with van der Waals surface area (Å²) in [5.74, 6) is -0.950. The molecule has 0 aliphatic carbocycles. The van der Waals surface area contributed by atoms with Gasteiger partial charge in [0, 0.05) is 13.5 Å². The molecule has 2 aromatic carbocycles. The van der Waals surface area contributed by atoms with Gasteiger partial charge >= 0.3 is 5.97 Å². The Bertz CT molecular complexity index is 1220. The molecule has 0 fully saturated rings. The minimum atomic E-state index is -3.37. The third kappa shape index (κ3) is 11.2. The van der Waals surface area contributed by atoms with E-state index in [1.165, 1.54) is 0 Å². The van der Waals surface area contributed by atoms with Gasteiger partial charge in [-0.05, 0) is 48.8 Å². The van der Waals surface area contributed by atoms with Gasteiger partial charge in [-0.15, -0.1) is 0 Å². The number of ether oxygens (including phenoxy) is 2. The third-order valence-corrected chi connectivity index (χ3v) is 9.14. The summed E-state index contributed by atoms with van der Waals surface area (Å²) in [7, 11) is -1.75. The Kier molecular flexibility index (Phi) is 13.4. The van der Waals surface area contributed by atoms with Crippen molar-refractivity contribution in [1.29, 1.82) is 0 Å². The van der Waals surface area contributed by atoms with Crippen LogP contribution in [0.2, 0.25) is 0 Å². The lowest BCUT2D eigenvalue weighted by Gasteiger charge is -2.31. The van der Waals surface area contributed by atoms with Crippen molar-refractivity contribution >= 4 is 21.7 Å². The highest BCUT2D eigenvalue weighted by atomic mass is 32.2. The highest BCUT2D eigenvalue weighted by molar-refractivity contribution is 7.91. The Hall–Kier alpha value is -2.79. The minimum Gasteiger partial charge on any atom is -0.464 e. The second-order valence-corrected chi connectivity index (χ2v) is 13.5. The number of amides is 1. The summed E-state index contributed by atoms with van der Waals surface area (Å²) < 4.78 is 35.8. The summed E-state index contributed by atoms with van der Waals surface area (Å²) in [6, 6.07) is 17.2. The van der Waals surface area contributed by atoms with Crippen LogP contribution in [0.1, 0.15) is 63.6 Å². The maximum absolute atomic E-state index is 13.3. The number of aliphatic hydroxyl groups is 1. The van der Waals surface area contributed by atoms with Gasteiger partial charge in [-0.3, -0.25) is 10.2 Å². The van der Waals surface area contributed by atoms with Crippen LogP contribution in [0.3, 0.4) is 0 Å². The van der Waals surface area contributed by atoms with E-state index in [1.807, 2.05) is 75.4 Å². The second kappa shape index (κ2) is 16.0. The zero-order valence-electron chi connectivity index (χ0n) is 24.9. The Morgan fingerprint density at radius 3 is 2.32 bits per heavy atom. The average molecular weight is 591 g/mol. The van der Waals surface area contributed by atoms with E-state index < -0.39 is 39.3 Å². The van der Waals surface area contributed by atoms with E-state index in [0.29, 0.717) is 19.3 Å². The molecule has 0 spiro atoms. The summed E-state index contributed by atoms with van der Waals surface area (Å²) in [5, 5.41) is 9.07. The van der Waals surface area contributed by atoms with Crippen LogP contribution >= 0.6 is 0 Å². The number of benzene rings is 2. The number of hydrogen-bond donors (Lipinski definition) is 3. The van der Waals surface area contributed by atoms with Crippen molar-refractivity contribution < 1.29 is 32.6 Å². The topological polar surface area (TPSA) is 131 Å². The maximum atomic E-state index is 13.3. The molecular weight excluding hydrogens is 544 g/mol. The van der Waals surface area contributed by atoms with Crippen molar-refractivity contribution in [3.05, 3.63) is 71.3 Å². The van der Waals surface area contributed by atoms with Crippen molar-refractivity contribution in [3.63, 3.8) is 0 Å². The van der Waals surface area contributed by atoms with Crippen molar-refractivity contribution in [3.8, 4) is 0 Å². The molecule has 0 aliphatic rings. The van der Waals surface area contributed by atoms with Gasteiger partial charge in [-0.25, -0.2) is 18.6 Å². The van der Waals surface area contributed by atoms with Gasteiger partial charge in [0.2, 0.25) is 5.91 Å². The van der Waals surface area contributed by atoms with Crippen LogP contribution in [0.5, 0.6) is 0 Å². The van der Waals surface area contributed by atoms with Crippen LogP contribution in [-0.4, -0.2) is 63.3 Å². The lowest BCUT2D eigenvalue weighted by Crippen LogP contribution is -2.47. The fourth-order valence-electron chi connectivity index (χ4n) is 4.91. The van der Waals surface area contributed by atoms with Crippen LogP contribution in [-0.2, 0) is 47.3 Å². The van der Waals surface area contributed by atoms with Crippen molar-refractivity contribution in [2.75, 3.05) is 31.8 Å². The second-order valence-electron chi connectivity index (χ2n) is 11.3. The van der Waals surface area contributed by atoms with E-state index in [4.69, 9.17) is 14.6 Å². The van der Waals surface area contributed by atoms with Crippen molar-refractivity contribution in [2.24, 2.45) is 5.41 Å². The van der Waals surface area contributed by atoms with Crippen LogP contribution in [0.25, 0.3) is 0 Å². The number of nitrogens with one attached hydrogen (secondary N) is 2. The molecule has 2 unspecified atom stereocenters. The lowest BCUT2D eigenvalue weighted by molar-refractivity contribution is -0.157. The minimum absolute atomic E-state index is 0.0340. The number of carbonyl (C=O) groups excluding carboxylic acids is 2. The number of esters is 1. The summed E-state index contributed by atoms with van der Waals surface area (Å²) in [4.78, 5) is 26.1. The molecule has 0 saturated carbocycles. The van der Waals surface area contributed by atoms with Gasteiger partial charge in [0.15, 0.2) is 15.9 Å². The maximum Gasteiger partial charge on any atom is 0.335 e. The third-order valence-electron chi connectivity index (χ3n) is 7.11. The molecule has 9 nitrogen and oxygen atoms in total. The first-order chi connectivity index (χ1) is 19.4. The molecule has 2 aromatic rings. The van der Waals surface area contributed by atoms with E-state index in [1.54, 1.807) is 14.0 Å². The molecule has 0 aliphatic heterocycles. The molecule has 1 amide bonds. The first-order valence-corrected chi connectivity index (χ1v) is 15.9. The molecule has 2 rings (SSSR count). The molecule has 3 N–H and O–H groups in total. The van der Waals surface area contributed by atoms with Gasteiger partial charge < -0.3 is 14.6 Å². The molecule has 228 valence electrons. The molecule has 0 bridgehead atoms. The predicted molar refractivity (Wildman–Crippen MR) is 160 cm³/mol. The Labute approximate surface area is 244 Å². The van der Waals surface area contributed by atoms with Crippen LogP contribution in [0, 0.1) is 5.41 Å². The molecule has 10 heteroatoms. The molecule has 0 radical (unpaired) electrons. The Balaban J connectivity index is 2.24. The van der Waals surface area contributed by atoms with Gasteiger partial charge in [-0.1, -0.05) is 74.9 Å². The largest absolute Gasteiger partial charge is 0.464 e. The first-order valence-electron chi connectivity index (χ1n) is 14.1. The number of carbonyl (C=O) groups is 2. The predicted octanol–water partition coefficient (Wildman–Crippen LogP) is 3.49. The summed E-state index contributed by atoms with van der Waals surface area (Å²) in [6.07, 6.45) is 1.12. The lowest BCUT2D eigenvalue weighted by atomic mass is 9.75. The Morgan fingerprint density at radius 2 is 1.68 bits per heavy atom. The number of sulfone groups is 1. The van der Waals surface area contributed by atoms with E-state index >= 15 is 0 Å². The van der Waals surface area contributed by atoms with Crippen molar-refractivity contribution in [2.45, 2.75) is 71.5 Å². The number of rotatable bonds is 18. The SMILES string of the molecule is CCOC(=O)C(Cc1cccc(C(C)(CCCC(C)(C)CS(=O)(=O)CCO)C(=O)NNC)c1)OCc1ccccc1. The quantitative estimate of drug-likeness (QED) is 0.178. The van der Waals surface area contributed by atoms with E-state index in [9.17, 15) is 18.0 Å². The van der Waals surface area contributed by atoms with E-state index in [0.717, 1.165) is 16.7 Å². The fourth-order valence-corrected chi connectivity index (χ4v) is 6.67. The van der Waals surface area contributed by atoms with Crippen LogP contribution < -0.4 is 10.9 Å². The van der Waals surface area contributed by atoms with Gasteiger partial charge in [-0.2, -0.15) is 0 Å². The first kappa shape index (κ1) is 34.4. The van der Waals surface area contributed by atoms with Gasteiger partial charge in [0.25, 0.3) is 0 Å². The number of hydrogen-bond acceptors (Lipinski definition) is 8. The number of aliphatic hydroxyl groups excluding tert-OH is 1. The zero-order valence-corrected chi connectivity index (χ0v) is 25.8. The van der Waals surface area contributed by atoms with E-state index in [2.05, 4.69) is 10.9 Å². The highest BCUT2D eigenvalue weighted by Crippen LogP contribution is 2.34. The van der Waals surface area contributed by atoms with E-state index in [-0.39, 0.29) is 37.0 Å². The zero-order chi connectivity index (χ0) is 30.5. The monoisotopic (exact) mass is 590 g/mol. The highest BCUT2D eigenvalue weighted by Gasteiger charge is 2.36. The number of hydrazine groups is 1. The van der Waals surface area contributed by atoms with Crippen LogP contribution in [0.4, 0.5) is 0 Å². The summed E-state index contributed by atoms with van der Waals surface area (Å²) in [5.41, 5.74) is 6.53. The standard InChI is InChI=1S/C31H46N2O7S/c1-6-39-28(35)27(40-22-24-12-8-7-9-13-24)21-25-14-10-15-26(20-25)31(4,29(36)33-32-5)17-11-16-30(2,3)23-41(37,38)19-18-34/h7-10,12-15,20,27,32,34H,6,11,16-19,21-23H2,1-5H3,(H,33,36). The Morgan fingerprint density at radius 1 is 1.00 bits per heavy atom. The van der Waals surface area contributed by atoms with Gasteiger partial charge in [0.05, 0.1) is 36.7 Å². The smallest absolute Gasteiger partial charge is 0.335 e. The molecule has 0 heterocycles. The average Bonchev–Trinajstić information content (AvgIpc) is 2.91. The molecule has 0 aromatic heterocycles. The van der Waals surface area contributed by atoms with Crippen molar-refractivity contribution in [1.82, 2.24) is 10.9 Å². The molecular formula is C31H46N2O7S. The molecule has 41 heavy (non-hydrogen) atoms. The summed E-state index contributed by atoms with van der Waals surface area (Å²) in [6.45, 7) is 7.49.